The maximum atomic E-state index is 13.2. The Bertz CT molecular complexity index is 1220. The van der Waals surface area contributed by atoms with Gasteiger partial charge in [-0.2, -0.15) is 0 Å². The van der Waals surface area contributed by atoms with Gasteiger partial charge in [-0.1, -0.05) is 24.3 Å². The first-order valence-electron chi connectivity index (χ1n) is 11.7. The van der Waals surface area contributed by atoms with Gasteiger partial charge in [-0.25, -0.2) is 9.59 Å². The van der Waals surface area contributed by atoms with Gasteiger partial charge in [0.25, 0.3) is 5.69 Å². The van der Waals surface area contributed by atoms with E-state index in [1.807, 2.05) is 24.3 Å². The minimum Gasteiger partial charge on any atom is -0.490 e. The summed E-state index contributed by atoms with van der Waals surface area (Å²) in [5, 5.41) is 14.4. The van der Waals surface area contributed by atoms with Crippen molar-refractivity contribution in [2.24, 2.45) is 0 Å². The number of dihydropyridines is 1. The number of nitro benzene ring substituents is 1. The van der Waals surface area contributed by atoms with Gasteiger partial charge in [0, 0.05) is 30.6 Å². The highest BCUT2D eigenvalue weighted by atomic mass is 16.6. The smallest absolute Gasteiger partial charge is 0.336 e. The van der Waals surface area contributed by atoms with E-state index in [0.29, 0.717) is 29.3 Å². The summed E-state index contributed by atoms with van der Waals surface area (Å²) in [5.74, 6) is -1.61. The van der Waals surface area contributed by atoms with E-state index in [-0.39, 0.29) is 30.0 Å². The van der Waals surface area contributed by atoms with Crippen LogP contribution < -0.4 is 10.1 Å². The van der Waals surface area contributed by atoms with Crippen molar-refractivity contribution in [1.29, 1.82) is 0 Å². The molecule has 2 aromatic carbocycles. The Morgan fingerprint density at radius 3 is 2.24 bits per heavy atom. The average molecular weight is 511 g/mol. The second-order valence-electron chi connectivity index (χ2n) is 8.35. The number of esters is 2. The molecule has 3 rings (SSSR count). The number of non-ortho nitro benzene ring substituents is 1. The topological polar surface area (TPSA) is 126 Å². The standard InChI is InChI=1S/C27H30N2O8/c1-17-23(26(30)35-4)25(20-6-5-7-21(16-20)29(32)33)24(18(2)28-17)27(31)37-15-14-36-22-10-8-19(9-11-22)12-13-34-3/h5-11,16,25,28H,12-15H2,1-4H3. The van der Waals surface area contributed by atoms with Crippen molar-refractivity contribution in [3.8, 4) is 5.75 Å². The zero-order chi connectivity index (χ0) is 26.9. The van der Waals surface area contributed by atoms with Crippen molar-refractivity contribution in [1.82, 2.24) is 5.32 Å². The molecule has 0 bridgehead atoms. The lowest BCUT2D eigenvalue weighted by Gasteiger charge is -2.30. The van der Waals surface area contributed by atoms with E-state index < -0.39 is 22.8 Å². The SMILES string of the molecule is COCCc1ccc(OCCOC(=O)C2=C(C)NC(C)=C(C(=O)OC)C2c2cccc([N+](=O)[O-])c2)cc1. The monoisotopic (exact) mass is 510 g/mol. The van der Waals surface area contributed by atoms with E-state index in [4.69, 9.17) is 18.9 Å². The quantitative estimate of drug-likeness (QED) is 0.208. The number of carbonyl (C=O) groups is 2. The molecule has 37 heavy (non-hydrogen) atoms. The van der Waals surface area contributed by atoms with Crippen LogP contribution in [0.15, 0.2) is 71.1 Å². The third-order valence-corrected chi connectivity index (χ3v) is 5.90. The molecule has 1 unspecified atom stereocenters. The number of nitrogens with one attached hydrogen (secondary N) is 1. The van der Waals surface area contributed by atoms with Crippen LogP contribution in [-0.2, 0) is 30.2 Å². The molecule has 196 valence electrons. The fraction of sp³-hybridized carbons (Fsp3) is 0.333. The third kappa shape index (κ3) is 6.73. The van der Waals surface area contributed by atoms with Gasteiger partial charge in [-0.3, -0.25) is 10.1 Å². The number of methoxy groups -OCH3 is 2. The van der Waals surface area contributed by atoms with E-state index in [2.05, 4.69) is 5.32 Å². The largest absolute Gasteiger partial charge is 0.490 e. The van der Waals surface area contributed by atoms with Gasteiger partial charge >= 0.3 is 11.9 Å². The molecule has 0 aliphatic carbocycles. The van der Waals surface area contributed by atoms with Crippen molar-refractivity contribution in [3.05, 3.63) is 92.3 Å². The first kappa shape index (κ1) is 27.4. The highest BCUT2D eigenvalue weighted by Gasteiger charge is 2.38. The maximum Gasteiger partial charge on any atom is 0.336 e. The van der Waals surface area contributed by atoms with Gasteiger partial charge in [-0.15, -0.1) is 0 Å². The fourth-order valence-corrected chi connectivity index (χ4v) is 4.14. The molecule has 0 aromatic heterocycles. The number of ether oxygens (including phenoxy) is 4. The normalized spacial score (nSPS) is 15.2. The van der Waals surface area contributed by atoms with Crippen LogP contribution in [-0.4, -0.2) is 50.9 Å². The van der Waals surface area contributed by atoms with Crippen molar-refractivity contribution >= 4 is 17.6 Å². The number of carbonyl (C=O) groups excluding carboxylic acids is 2. The molecule has 2 aromatic rings. The van der Waals surface area contributed by atoms with Crippen LogP contribution in [0, 0.1) is 10.1 Å². The van der Waals surface area contributed by atoms with E-state index in [0.717, 1.165) is 12.0 Å². The van der Waals surface area contributed by atoms with Gasteiger partial charge in [0.2, 0.25) is 0 Å². The Hall–Kier alpha value is -4.18. The summed E-state index contributed by atoms with van der Waals surface area (Å²) in [5.41, 5.74) is 2.63. The molecule has 1 aliphatic rings. The summed E-state index contributed by atoms with van der Waals surface area (Å²) < 4.78 is 21.2. The van der Waals surface area contributed by atoms with Gasteiger partial charge < -0.3 is 24.3 Å². The van der Waals surface area contributed by atoms with E-state index >= 15 is 0 Å². The Morgan fingerprint density at radius 1 is 0.946 bits per heavy atom. The predicted molar refractivity (Wildman–Crippen MR) is 135 cm³/mol. The molecule has 0 saturated carbocycles. The highest BCUT2D eigenvalue weighted by Crippen LogP contribution is 2.40. The third-order valence-electron chi connectivity index (χ3n) is 5.90. The number of benzene rings is 2. The summed E-state index contributed by atoms with van der Waals surface area (Å²) >= 11 is 0. The molecule has 1 aliphatic heterocycles. The second kappa shape index (κ2) is 12.7. The minimum atomic E-state index is -0.915. The Kier molecular flexibility index (Phi) is 9.39. The molecular weight excluding hydrogens is 480 g/mol. The summed E-state index contributed by atoms with van der Waals surface area (Å²) in [6.45, 7) is 4.06. The Labute approximate surface area is 215 Å². The Morgan fingerprint density at radius 2 is 1.62 bits per heavy atom. The lowest BCUT2D eigenvalue weighted by Crippen LogP contribution is -2.32. The molecule has 0 fully saturated rings. The second-order valence-corrected chi connectivity index (χ2v) is 8.35. The van der Waals surface area contributed by atoms with Crippen LogP contribution in [0.25, 0.3) is 0 Å². The predicted octanol–water partition coefficient (Wildman–Crippen LogP) is 3.81. The first-order valence-corrected chi connectivity index (χ1v) is 11.7. The van der Waals surface area contributed by atoms with Gasteiger partial charge in [-0.05, 0) is 43.5 Å². The minimum absolute atomic E-state index is 0.0427. The van der Waals surface area contributed by atoms with Gasteiger partial charge in [0.1, 0.15) is 19.0 Å². The molecule has 10 nitrogen and oxygen atoms in total. The summed E-state index contributed by atoms with van der Waals surface area (Å²) in [7, 11) is 2.89. The zero-order valence-electron chi connectivity index (χ0n) is 21.2. The van der Waals surface area contributed by atoms with Crippen LogP contribution in [0.5, 0.6) is 5.75 Å². The van der Waals surface area contributed by atoms with E-state index in [9.17, 15) is 19.7 Å². The number of nitrogens with zero attached hydrogens (tertiary/aromatic N) is 1. The number of hydrogen-bond acceptors (Lipinski definition) is 9. The zero-order valence-corrected chi connectivity index (χ0v) is 21.2. The lowest BCUT2D eigenvalue weighted by molar-refractivity contribution is -0.384. The number of allylic oxidation sites excluding steroid dienone is 2. The molecule has 1 heterocycles. The molecule has 1 N–H and O–H groups in total. The van der Waals surface area contributed by atoms with Crippen LogP contribution in [0.3, 0.4) is 0 Å². The summed E-state index contributed by atoms with van der Waals surface area (Å²) in [6, 6.07) is 13.4. The molecule has 0 radical (unpaired) electrons. The molecule has 0 amide bonds. The molecular formula is C27H30N2O8. The molecule has 0 saturated heterocycles. The van der Waals surface area contributed by atoms with Crippen LogP contribution in [0.1, 0.15) is 30.9 Å². The van der Waals surface area contributed by atoms with E-state index in [1.165, 1.54) is 25.3 Å². The summed E-state index contributed by atoms with van der Waals surface area (Å²) in [6.07, 6.45) is 0.796. The number of hydrogen-bond donors (Lipinski definition) is 1. The van der Waals surface area contributed by atoms with Crippen molar-refractivity contribution in [2.45, 2.75) is 26.2 Å². The maximum absolute atomic E-state index is 13.2. The van der Waals surface area contributed by atoms with Crippen molar-refractivity contribution in [2.75, 3.05) is 34.0 Å². The summed E-state index contributed by atoms with van der Waals surface area (Å²) in [4.78, 5) is 36.8. The van der Waals surface area contributed by atoms with Crippen molar-refractivity contribution in [3.63, 3.8) is 0 Å². The lowest BCUT2D eigenvalue weighted by atomic mass is 9.80. The van der Waals surface area contributed by atoms with E-state index in [1.54, 1.807) is 27.0 Å². The van der Waals surface area contributed by atoms with Crippen LogP contribution >= 0.6 is 0 Å². The first-order chi connectivity index (χ1) is 17.8. The molecule has 0 spiro atoms. The number of rotatable bonds is 11. The highest BCUT2D eigenvalue weighted by molar-refractivity contribution is 5.99. The molecule has 1 atom stereocenters. The van der Waals surface area contributed by atoms with Crippen molar-refractivity contribution < 1.29 is 33.5 Å². The Balaban J connectivity index is 1.77. The average Bonchev–Trinajstić information content (AvgIpc) is 2.89. The van der Waals surface area contributed by atoms with Gasteiger partial charge in [0.15, 0.2) is 0 Å². The van der Waals surface area contributed by atoms with Crippen LogP contribution in [0.4, 0.5) is 5.69 Å². The number of nitro groups is 1. The van der Waals surface area contributed by atoms with Gasteiger partial charge in [0.05, 0.1) is 35.7 Å². The fourth-order valence-electron chi connectivity index (χ4n) is 4.14. The molecule has 10 heteroatoms. The van der Waals surface area contributed by atoms with Crippen LogP contribution in [0.2, 0.25) is 0 Å².